The van der Waals surface area contributed by atoms with Gasteiger partial charge in [-0.2, -0.15) is 13.2 Å². The average molecular weight is 405 g/mol. The van der Waals surface area contributed by atoms with Crippen LogP contribution in [0.3, 0.4) is 0 Å². The molecule has 12 heteroatoms. The number of sulfone groups is 1. The minimum atomic E-state index is -5.72. The van der Waals surface area contributed by atoms with E-state index in [1.807, 2.05) is 0 Å². The van der Waals surface area contributed by atoms with Gasteiger partial charge in [0.15, 0.2) is 0 Å². The smallest absolute Gasteiger partial charge is 0.375 e. The van der Waals surface area contributed by atoms with Crippen molar-refractivity contribution in [3.63, 3.8) is 0 Å². The molecule has 0 bridgehead atoms. The topological polar surface area (TPSA) is 122 Å². The molecule has 0 amide bonds. The molecular formula is C15H14F3N3O5S. The quantitative estimate of drug-likeness (QED) is 0.583. The Hall–Kier alpha value is -2.89. The summed E-state index contributed by atoms with van der Waals surface area (Å²) in [5, 5.41) is 13.8. The van der Waals surface area contributed by atoms with Crippen LogP contribution in [0.15, 0.2) is 34.0 Å². The van der Waals surface area contributed by atoms with Crippen LogP contribution < -0.4 is 10.9 Å². The van der Waals surface area contributed by atoms with Crippen LogP contribution in [0, 0.1) is 24.0 Å². The number of benzene rings is 1. The van der Waals surface area contributed by atoms with Gasteiger partial charge in [-0.25, -0.2) is 8.42 Å². The molecule has 0 atom stereocenters. The number of hydrogen-bond donors (Lipinski definition) is 2. The third kappa shape index (κ3) is 4.10. The van der Waals surface area contributed by atoms with Crippen molar-refractivity contribution in [3.8, 4) is 0 Å². The standard InChI is InChI=1S/C15H14F3N3O5S/c1-8-5-9(2)20-14(22)11(8)7-19-12-4-3-10(6-13(12)21(23)24)27(25,26)15(16,17)18/h3-6,19H,7H2,1-2H3,(H,20,22). The molecule has 0 aliphatic rings. The van der Waals surface area contributed by atoms with E-state index < -0.39 is 36.4 Å². The first kappa shape index (κ1) is 20.4. The highest BCUT2D eigenvalue weighted by Crippen LogP contribution is 2.34. The Morgan fingerprint density at radius 3 is 2.37 bits per heavy atom. The number of anilines is 1. The molecule has 146 valence electrons. The van der Waals surface area contributed by atoms with Crippen molar-refractivity contribution in [1.82, 2.24) is 4.98 Å². The molecule has 27 heavy (non-hydrogen) atoms. The van der Waals surface area contributed by atoms with Gasteiger partial charge in [-0.3, -0.25) is 14.9 Å². The lowest BCUT2D eigenvalue weighted by molar-refractivity contribution is -0.384. The number of alkyl halides is 3. The van der Waals surface area contributed by atoms with E-state index in [9.17, 15) is 36.5 Å². The van der Waals surface area contributed by atoms with Crippen molar-refractivity contribution in [1.29, 1.82) is 0 Å². The second-order valence-electron chi connectivity index (χ2n) is 5.68. The monoisotopic (exact) mass is 405 g/mol. The summed E-state index contributed by atoms with van der Waals surface area (Å²) in [6.07, 6.45) is 0. The van der Waals surface area contributed by atoms with E-state index in [0.29, 0.717) is 23.4 Å². The van der Waals surface area contributed by atoms with Crippen LogP contribution in [0.4, 0.5) is 24.5 Å². The fourth-order valence-corrected chi connectivity index (χ4v) is 3.18. The van der Waals surface area contributed by atoms with Crippen molar-refractivity contribution in [2.75, 3.05) is 5.32 Å². The number of aryl methyl sites for hydroxylation is 2. The minimum Gasteiger partial charge on any atom is -0.375 e. The SMILES string of the molecule is Cc1cc(C)c(CNc2ccc(S(=O)(=O)C(F)(F)F)cc2[N+](=O)[O-])c(=O)[nH]1. The van der Waals surface area contributed by atoms with E-state index in [2.05, 4.69) is 10.3 Å². The van der Waals surface area contributed by atoms with Crippen LogP contribution in [0.5, 0.6) is 0 Å². The Morgan fingerprint density at radius 2 is 1.85 bits per heavy atom. The number of hydrogen-bond acceptors (Lipinski definition) is 6. The predicted molar refractivity (Wildman–Crippen MR) is 90.2 cm³/mol. The number of nitro groups is 1. The van der Waals surface area contributed by atoms with Crippen LogP contribution in [0.2, 0.25) is 0 Å². The third-order valence-corrected chi connectivity index (χ3v) is 5.21. The second kappa shape index (κ2) is 7.02. The fourth-order valence-electron chi connectivity index (χ4n) is 2.40. The molecule has 0 aliphatic carbocycles. The highest BCUT2D eigenvalue weighted by molar-refractivity contribution is 7.92. The van der Waals surface area contributed by atoms with Crippen LogP contribution >= 0.6 is 0 Å². The largest absolute Gasteiger partial charge is 0.501 e. The van der Waals surface area contributed by atoms with E-state index >= 15 is 0 Å². The van der Waals surface area contributed by atoms with Gasteiger partial charge in [-0.1, -0.05) is 0 Å². The Labute approximate surface area is 151 Å². The molecule has 0 aliphatic heterocycles. The summed E-state index contributed by atoms with van der Waals surface area (Å²) in [5.41, 5.74) is -5.57. The second-order valence-corrected chi connectivity index (χ2v) is 7.62. The summed E-state index contributed by atoms with van der Waals surface area (Å²) in [4.78, 5) is 23.4. The number of aromatic amines is 1. The lowest BCUT2D eigenvalue weighted by atomic mass is 10.1. The predicted octanol–water partition coefficient (Wildman–Crippen LogP) is 2.81. The first-order chi connectivity index (χ1) is 12.3. The summed E-state index contributed by atoms with van der Waals surface area (Å²) >= 11 is 0. The van der Waals surface area contributed by atoms with Gasteiger partial charge in [0.1, 0.15) is 5.69 Å². The summed E-state index contributed by atoms with van der Waals surface area (Å²) in [6.45, 7) is 3.19. The number of nitro benzene ring substituents is 1. The van der Waals surface area contributed by atoms with Gasteiger partial charge in [0, 0.05) is 23.9 Å². The lowest BCUT2D eigenvalue weighted by Gasteiger charge is -2.12. The average Bonchev–Trinajstić information content (AvgIpc) is 2.52. The molecule has 1 heterocycles. The van der Waals surface area contributed by atoms with Gasteiger partial charge >= 0.3 is 5.51 Å². The van der Waals surface area contributed by atoms with Gasteiger partial charge in [0.05, 0.1) is 9.82 Å². The van der Waals surface area contributed by atoms with Crippen LogP contribution in [-0.4, -0.2) is 23.8 Å². The van der Waals surface area contributed by atoms with Crippen LogP contribution in [-0.2, 0) is 16.4 Å². The van der Waals surface area contributed by atoms with Gasteiger partial charge in [-0.15, -0.1) is 0 Å². The molecule has 8 nitrogen and oxygen atoms in total. The normalized spacial score (nSPS) is 12.0. The number of pyridine rings is 1. The molecule has 2 rings (SSSR count). The Kier molecular flexibility index (Phi) is 5.31. The molecule has 0 unspecified atom stereocenters. The molecule has 0 saturated carbocycles. The maximum Gasteiger partial charge on any atom is 0.501 e. The van der Waals surface area contributed by atoms with E-state index in [0.717, 1.165) is 6.07 Å². The number of nitrogens with zero attached hydrogens (tertiary/aromatic N) is 1. The number of rotatable bonds is 5. The van der Waals surface area contributed by atoms with Crippen molar-refractivity contribution < 1.29 is 26.5 Å². The number of aromatic nitrogens is 1. The molecule has 0 saturated heterocycles. The maximum atomic E-state index is 12.6. The molecule has 0 spiro atoms. The van der Waals surface area contributed by atoms with Gasteiger partial charge in [-0.05, 0) is 37.6 Å². The fraction of sp³-hybridized carbons (Fsp3) is 0.267. The molecule has 1 aromatic heterocycles. The van der Waals surface area contributed by atoms with Crippen molar-refractivity contribution in [3.05, 3.63) is 61.6 Å². The molecule has 2 N–H and O–H groups in total. The Balaban J connectivity index is 2.42. The lowest BCUT2D eigenvalue weighted by Crippen LogP contribution is -2.23. The Morgan fingerprint density at radius 1 is 1.22 bits per heavy atom. The van der Waals surface area contributed by atoms with Gasteiger partial charge < -0.3 is 10.3 Å². The van der Waals surface area contributed by atoms with E-state index in [1.54, 1.807) is 19.9 Å². The zero-order valence-electron chi connectivity index (χ0n) is 14.0. The number of H-pyrrole nitrogens is 1. The van der Waals surface area contributed by atoms with Gasteiger partial charge in [0.25, 0.3) is 21.1 Å². The summed E-state index contributed by atoms with van der Waals surface area (Å²) in [7, 11) is -5.72. The van der Waals surface area contributed by atoms with Crippen LogP contribution in [0.1, 0.15) is 16.8 Å². The maximum absolute atomic E-state index is 12.6. The molecule has 1 aromatic carbocycles. The highest BCUT2D eigenvalue weighted by atomic mass is 32.2. The third-order valence-electron chi connectivity index (χ3n) is 3.73. The van der Waals surface area contributed by atoms with Crippen molar-refractivity contribution in [2.24, 2.45) is 0 Å². The first-order valence-electron chi connectivity index (χ1n) is 7.37. The molecule has 2 aromatic rings. The van der Waals surface area contributed by atoms with E-state index in [-0.39, 0.29) is 17.8 Å². The Bertz CT molecular complexity index is 1060. The minimum absolute atomic E-state index is 0.145. The van der Waals surface area contributed by atoms with Gasteiger partial charge in [0.2, 0.25) is 0 Å². The summed E-state index contributed by atoms with van der Waals surface area (Å²) < 4.78 is 60.7. The van der Waals surface area contributed by atoms with Crippen molar-refractivity contribution in [2.45, 2.75) is 30.8 Å². The highest BCUT2D eigenvalue weighted by Gasteiger charge is 2.47. The van der Waals surface area contributed by atoms with Crippen molar-refractivity contribution >= 4 is 21.2 Å². The first-order valence-corrected chi connectivity index (χ1v) is 8.86. The van der Waals surface area contributed by atoms with Crippen LogP contribution in [0.25, 0.3) is 0 Å². The number of halogens is 3. The zero-order chi connectivity index (χ0) is 20.6. The molecular weight excluding hydrogens is 391 g/mol. The zero-order valence-corrected chi connectivity index (χ0v) is 14.9. The molecule has 0 radical (unpaired) electrons. The summed E-state index contributed by atoms with van der Waals surface area (Å²) in [6, 6.07) is 3.49. The summed E-state index contributed by atoms with van der Waals surface area (Å²) in [5.74, 6) is 0. The van der Waals surface area contributed by atoms with E-state index in [4.69, 9.17) is 0 Å². The number of nitrogens with one attached hydrogen (secondary N) is 2. The van der Waals surface area contributed by atoms with E-state index in [1.165, 1.54) is 0 Å². The molecule has 0 fully saturated rings.